The highest BCUT2D eigenvalue weighted by Crippen LogP contribution is 2.64. The van der Waals surface area contributed by atoms with E-state index in [-0.39, 0.29) is 0 Å². The predicted molar refractivity (Wildman–Crippen MR) is 524 cm³/mol. The van der Waals surface area contributed by atoms with Crippen LogP contribution in [0.25, 0.3) is 155 Å². The van der Waals surface area contributed by atoms with Gasteiger partial charge >= 0.3 is 0 Å². The van der Waals surface area contributed by atoms with E-state index in [1.54, 1.807) is 0 Å². The quantitative estimate of drug-likeness (QED) is 0.114. The van der Waals surface area contributed by atoms with Crippen molar-refractivity contribution in [2.45, 2.75) is 10.8 Å². The largest absolute Gasteiger partial charge is 0.311 e. The van der Waals surface area contributed by atoms with Crippen LogP contribution >= 0.6 is 0 Å². The number of benzene rings is 20. The number of rotatable bonds is 13. The van der Waals surface area contributed by atoms with Gasteiger partial charge in [0.2, 0.25) is 0 Å². The topological polar surface area (TPSA) is 16.3 Å². The van der Waals surface area contributed by atoms with Gasteiger partial charge in [-0.1, -0.05) is 364 Å². The molecule has 0 unspecified atom stereocenters. The molecule has 26 rings (SSSR count). The maximum absolute atomic E-state index is 2.61. The van der Waals surface area contributed by atoms with E-state index in [9.17, 15) is 0 Å². The third kappa shape index (κ3) is 10.5. The third-order valence-electron chi connectivity index (χ3n) is 27.7. The molecule has 4 aliphatic rings. The Hall–Kier alpha value is -16.4. The molecule has 126 heavy (non-hydrogen) atoms. The Morgan fingerprint density at radius 1 is 0.151 bits per heavy atom. The molecule has 0 fully saturated rings. The van der Waals surface area contributed by atoms with Crippen LogP contribution in [0.15, 0.2) is 473 Å². The molecule has 4 nitrogen and oxygen atoms in total. The van der Waals surface area contributed by atoms with Crippen molar-refractivity contribution in [3.63, 3.8) is 0 Å². The normalized spacial score (nSPS) is 13.0. The second-order valence-electron chi connectivity index (χ2n) is 34.1. The van der Waals surface area contributed by atoms with Crippen molar-refractivity contribution in [2.75, 3.05) is 9.80 Å². The average Bonchev–Trinajstić information content (AvgIpc) is 1.49. The summed E-state index contributed by atoms with van der Waals surface area (Å²) in [5.74, 6) is 0. The van der Waals surface area contributed by atoms with E-state index >= 15 is 0 Å². The van der Waals surface area contributed by atoms with E-state index in [4.69, 9.17) is 0 Å². The summed E-state index contributed by atoms with van der Waals surface area (Å²) < 4.78 is 5.14. The standard InChI is InChI=1S/C122H78N4/c1-4-26-85(27-5-1)97-34-10-11-35-98(97)86-62-70-95(71-63-86)124(92-31-8-3-9-32-92)96-33-24-28-87(74-96)89-65-73-112-118(78-89)126-117-77-88(64-72-104(117)105-41-25-47-113(119(105)126)121(112)107-42-17-12-36-99(107)100-37-13-18-43-108(100)121)83-56-54-80(55-57-83)79-50-52-81(53-51-79)82-58-66-93(67-59-82)123(91-29-6-2-7-30-91)94-68-60-84(61-69-94)90-75-106-103-40-16-22-48-115(103)125-116-49-23-21-46-111(116)122(114(76-90)120(106)125)109-44-19-14-38-101(109)102-39-15-20-45-110(102)122/h1-78H. The first-order valence-corrected chi connectivity index (χ1v) is 43.8. The summed E-state index contributed by atoms with van der Waals surface area (Å²) in [6.07, 6.45) is 0. The van der Waals surface area contributed by atoms with Crippen LogP contribution in [-0.4, -0.2) is 9.13 Å². The molecule has 4 heterocycles. The van der Waals surface area contributed by atoms with E-state index < -0.39 is 10.8 Å². The van der Waals surface area contributed by atoms with Crippen LogP contribution in [0, 0.1) is 0 Å². The molecule has 0 saturated carbocycles. The molecule has 4 heteroatoms. The summed E-state index contributed by atoms with van der Waals surface area (Å²) in [5, 5.41) is 4.99. The lowest BCUT2D eigenvalue weighted by atomic mass is 9.65. The minimum atomic E-state index is -0.578. The van der Waals surface area contributed by atoms with Crippen LogP contribution in [0.1, 0.15) is 44.5 Å². The van der Waals surface area contributed by atoms with Gasteiger partial charge in [0.05, 0.1) is 44.3 Å². The highest BCUT2D eigenvalue weighted by molar-refractivity contribution is 6.16. The SMILES string of the molecule is c1ccc(-c2ccccc2-c2ccc(N(c3ccccc3)c3cccc(-c4ccc5c(c4)-n4c6cc(-c7ccc(-c8ccc(-c9ccc(N(c%10ccccc%10)c%10ccc(-c%11cc%12c%13c(c%11)c%11ccccc%11n%13-c%11ccccc%11C%12%11c%12ccccc%12-c%12ccccc%12%11)cc%10)cc9)cc8)cc7)ccc6c6cccc(c64)C54c5ccccc5-c5ccccc54)c3)cc2)cc1. The molecular formula is C122H78N4. The van der Waals surface area contributed by atoms with Crippen LogP contribution < -0.4 is 9.80 Å². The number of nitrogens with zero attached hydrogens (tertiary/aromatic N) is 4. The summed E-state index contributed by atoms with van der Waals surface area (Å²) in [6, 6.07) is 177. The lowest BCUT2D eigenvalue weighted by molar-refractivity contribution is 0.748. The molecule has 0 N–H and O–H groups in total. The fraction of sp³-hybridized carbons (Fsp3) is 0.0164. The van der Waals surface area contributed by atoms with Crippen molar-refractivity contribution in [1.82, 2.24) is 9.13 Å². The number of fused-ring (bicyclic) bond motifs is 24. The minimum absolute atomic E-state index is 0.525. The first kappa shape index (κ1) is 71.3. The summed E-state index contributed by atoms with van der Waals surface area (Å²) in [6.45, 7) is 0. The summed E-state index contributed by atoms with van der Waals surface area (Å²) in [7, 11) is 0. The monoisotopic (exact) mass is 1600 g/mol. The summed E-state index contributed by atoms with van der Waals surface area (Å²) in [5.41, 5.74) is 44.8. The van der Waals surface area contributed by atoms with Crippen LogP contribution in [0.4, 0.5) is 34.1 Å². The van der Waals surface area contributed by atoms with Crippen molar-refractivity contribution in [2.24, 2.45) is 0 Å². The zero-order valence-electron chi connectivity index (χ0n) is 68.8. The van der Waals surface area contributed by atoms with E-state index in [1.165, 1.54) is 172 Å². The second-order valence-corrected chi connectivity index (χ2v) is 34.1. The Morgan fingerprint density at radius 2 is 0.484 bits per heavy atom. The summed E-state index contributed by atoms with van der Waals surface area (Å²) in [4.78, 5) is 4.76. The molecule has 0 radical (unpaired) electrons. The predicted octanol–water partition coefficient (Wildman–Crippen LogP) is 31.8. The fourth-order valence-corrected chi connectivity index (χ4v) is 22.3. The van der Waals surface area contributed by atoms with Gasteiger partial charge < -0.3 is 18.9 Å². The zero-order chi connectivity index (χ0) is 82.7. The Kier molecular flexibility index (Phi) is 15.9. The molecule has 2 aliphatic carbocycles. The molecule has 0 bridgehead atoms. The Morgan fingerprint density at radius 3 is 1.05 bits per heavy atom. The number of aromatic nitrogens is 2. The van der Waals surface area contributed by atoms with Crippen LogP contribution in [0.3, 0.4) is 0 Å². The molecule has 586 valence electrons. The van der Waals surface area contributed by atoms with Crippen molar-refractivity contribution in [1.29, 1.82) is 0 Å². The van der Waals surface area contributed by atoms with Gasteiger partial charge in [-0.25, -0.2) is 0 Å². The van der Waals surface area contributed by atoms with Gasteiger partial charge in [-0.3, -0.25) is 0 Å². The fourth-order valence-electron chi connectivity index (χ4n) is 22.3. The first-order valence-electron chi connectivity index (χ1n) is 43.8. The van der Waals surface area contributed by atoms with Gasteiger partial charge in [-0.2, -0.15) is 0 Å². The molecule has 0 atom stereocenters. The van der Waals surface area contributed by atoms with Crippen molar-refractivity contribution in [3.05, 3.63) is 518 Å². The first-order chi connectivity index (χ1) is 62.5. The highest BCUT2D eigenvalue weighted by atomic mass is 15.1. The average molecular weight is 1600 g/mol. The number of para-hydroxylation sites is 5. The van der Waals surface area contributed by atoms with Crippen LogP contribution in [0.2, 0.25) is 0 Å². The number of hydrogen-bond acceptors (Lipinski definition) is 2. The Bertz CT molecular complexity index is 8070. The third-order valence-corrected chi connectivity index (χ3v) is 27.7. The van der Waals surface area contributed by atoms with Gasteiger partial charge in [0.25, 0.3) is 0 Å². The van der Waals surface area contributed by atoms with Crippen molar-refractivity contribution < 1.29 is 0 Å². The molecule has 20 aromatic carbocycles. The molecule has 0 amide bonds. The van der Waals surface area contributed by atoms with Crippen LogP contribution in [-0.2, 0) is 10.8 Å². The lowest BCUT2D eigenvalue weighted by Gasteiger charge is -2.39. The van der Waals surface area contributed by atoms with Gasteiger partial charge in [-0.15, -0.1) is 0 Å². The smallest absolute Gasteiger partial charge is 0.0754 e. The van der Waals surface area contributed by atoms with E-state index in [0.29, 0.717) is 0 Å². The van der Waals surface area contributed by atoms with E-state index in [1.807, 2.05) is 0 Å². The number of anilines is 6. The molecular weight excluding hydrogens is 1520 g/mol. The highest BCUT2D eigenvalue weighted by Gasteiger charge is 2.53. The summed E-state index contributed by atoms with van der Waals surface area (Å²) >= 11 is 0. The minimum Gasteiger partial charge on any atom is -0.311 e. The van der Waals surface area contributed by atoms with Crippen molar-refractivity contribution in [3.8, 4) is 112 Å². The maximum atomic E-state index is 2.61. The van der Waals surface area contributed by atoms with Gasteiger partial charge in [0.1, 0.15) is 0 Å². The molecule has 0 saturated heterocycles. The van der Waals surface area contributed by atoms with E-state index in [2.05, 4.69) is 492 Å². The molecule has 2 spiro atoms. The molecule has 2 aliphatic heterocycles. The Labute approximate surface area is 731 Å². The van der Waals surface area contributed by atoms with Gasteiger partial charge in [0.15, 0.2) is 0 Å². The van der Waals surface area contributed by atoms with Crippen molar-refractivity contribution >= 4 is 77.7 Å². The van der Waals surface area contributed by atoms with Gasteiger partial charge in [-0.05, 0) is 254 Å². The van der Waals surface area contributed by atoms with E-state index in [0.717, 1.165) is 61.9 Å². The second kappa shape index (κ2) is 28.1. The maximum Gasteiger partial charge on any atom is 0.0754 e. The molecule has 2 aromatic heterocycles. The van der Waals surface area contributed by atoms with Gasteiger partial charge in [0, 0.05) is 55.7 Å². The Balaban J connectivity index is 0.519. The molecule has 22 aromatic rings. The lowest BCUT2D eigenvalue weighted by Crippen LogP contribution is -2.33. The van der Waals surface area contributed by atoms with Crippen LogP contribution in [0.5, 0.6) is 0 Å². The zero-order valence-corrected chi connectivity index (χ0v) is 68.8. The number of hydrogen-bond donors (Lipinski definition) is 0.